The maximum Gasteiger partial charge on any atom is 0.315 e. The molecule has 0 spiro atoms. The molecule has 6 rings (SSSR count). The van der Waals surface area contributed by atoms with Crippen molar-refractivity contribution in [1.82, 2.24) is 26.2 Å². The van der Waals surface area contributed by atoms with Gasteiger partial charge in [0.1, 0.15) is 12.1 Å². The molecule has 4 aliphatic carbocycles. The zero-order chi connectivity index (χ0) is 37.5. The van der Waals surface area contributed by atoms with Crippen molar-refractivity contribution in [1.29, 1.82) is 0 Å². The predicted molar refractivity (Wildman–Crippen MR) is 198 cm³/mol. The molecule has 4 N–H and O–H groups in total. The summed E-state index contributed by atoms with van der Waals surface area (Å²) < 4.78 is 26.8. The highest BCUT2D eigenvalue weighted by Gasteiger charge is 2.70. The minimum atomic E-state index is -3.39. The number of Topliss-reactive ketones (excluding diaryl/α,β-unsaturated/α-hetero) is 1. The molecule has 13 heteroatoms. The number of nitrogens with zero attached hydrogens (tertiary/aromatic N) is 1. The average molecular weight is 744 g/mol. The maximum atomic E-state index is 15.0. The molecule has 6 fully saturated rings. The zero-order valence-corrected chi connectivity index (χ0v) is 32.3. The minimum absolute atomic E-state index is 0.0799. The van der Waals surface area contributed by atoms with Crippen molar-refractivity contribution in [3.05, 3.63) is 12.7 Å². The number of piperidine rings is 1. The van der Waals surface area contributed by atoms with Gasteiger partial charge in [-0.2, -0.15) is 0 Å². The summed E-state index contributed by atoms with van der Waals surface area (Å²) >= 11 is 0. The summed E-state index contributed by atoms with van der Waals surface area (Å²) in [5.41, 5.74) is -1.64. The molecule has 4 saturated carbocycles. The van der Waals surface area contributed by atoms with Crippen LogP contribution in [0.3, 0.4) is 0 Å². The number of hydrogen-bond donors (Lipinski definition) is 4. The van der Waals surface area contributed by atoms with Crippen LogP contribution in [0.5, 0.6) is 0 Å². The summed E-state index contributed by atoms with van der Waals surface area (Å²) in [4.78, 5) is 71.1. The summed E-state index contributed by atoms with van der Waals surface area (Å²) in [6.07, 6.45) is 13.8. The monoisotopic (exact) mass is 743 g/mol. The van der Waals surface area contributed by atoms with E-state index in [1.165, 1.54) is 6.08 Å². The molecule has 2 heterocycles. The minimum Gasteiger partial charge on any atom is -0.346 e. The first-order chi connectivity index (χ1) is 24.6. The third-order valence-corrected chi connectivity index (χ3v) is 16.2. The summed E-state index contributed by atoms with van der Waals surface area (Å²) in [5, 5.41) is 11.1. The van der Waals surface area contributed by atoms with Crippen LogP contribution >= 0.6 is 0 Å². The Morgan fingerprint density at radius 2 is 1.52 bits per heavy atom. The van der Waals surface area contributed by atoms with E-state index in [1.807, 2.05) is 6.92 Å². The molecule has 2 saturated heterocycles. The number of rotatable bonds is 13. The van der Waals surface area contributed by atoms with Crippen molar-refractivity contribution >= 4 is 39.4 Å². The fourth-order valence-electron chi connectivity index (χ4n) is 10.4. The molecule has 0 aromatic heterocycles. The first-order valence-corrected chi connectivity index (χ1v) is 21.7. The first kappa shape index (κ1) is 38.8. The van der Waals surface area contributed by atoms with Gasteiger partial charge in [0.15, 0.2) is 9.84 Å². The van der Waals surface area contributed by atoms with Gasteiger partial charge in [-0.3, -0.25) is 19.2 Å². The van der Waals surface area contributed by atoms with E-state index in [0.717, 1.165) is 70.6 Å². The third kappa shape index (κ3) is 7.80. The SMILES string of the molecule is C=CCNC(=O)C(=O)[C@H](CC1CC1)NC(=O)[C@@H]1[C@@H]2C(CN1C(=O)[C@@H](NC(=O)NC1(C3CCCCS3(=O)=O)CCCCC1)C1(C)CCCCC1)C2(C)C. The van der Waals surface area contributed by atoms with Gasteiger partial charge >= 0.3 is 6.03 Å². The van der Waals surface area contributed by atoms with E-state index in [2.05, 4.69) is 41.7 Å². The lowest BCUT2D eigenvalue weighted by molar-refractivity contribution is -0.146. The molecular weight excluding hydrogens is 683 g/mol. The number of ketones is 1. The van der Waals surface area contributed by atoms with Crippen LogP contribution in [0.1, 0.15) is 124 Å². The number of carbonyl (C=O) groups excluding carboxylic acids is 5. The van der Waals surface area contributed by atoms with Crippen LogP contribution in [-0.2, 0) is 29.0 Å². The molecule has 0 bridgehead atoms. The van der Waals surface area contributed by atoms with E-state index in [-0.39, 0.29) is 41.4 Å². The van der Waals surface area contributed by atoms with Gasteiger partial charge in [-0.1, -0.05) is 84.6 Å². The molecule has 12 nitrogen and oxygen atoms in total. The molecule has 52 heavy (non-hydrogen) atoms. The highest BCUT2D eigenvalue weighted by Crippen LogP contribution is 2.65. The van der Waals surface area contributed by atoms with E-state index < -0.39 is 67.8 Å². The van der Waals surface area contributed by atoms with E-state index in [9.17, 15) is 32.4 Å². The Kier molecular flexibility index (Phi) is 11.2. The molecule has 6 aliphatic rings. The Bertz CT molecular complexity index is 1530. The predicted octanol–water partition coefficient (Wildman–Crippen LogP) is 3.93. The van der Waals surface area contributed by atoms with Crippen LogP contribution in [-0.4, -0.2) is 90.6 Å². The molecule has 290 valence electrons. The quantitative estimate of drug-likeness (QED) is 0.164. The van der Waals surface area contributed by atoms with Gasteiger partial charge in [-0.15, -0.1) is 6.58 Å². The van der Waals surface area contributed by atoms with Crippen molar-refractivity contribution in [3.63, 3.8) is 0 Å². The van der Waals surface area contributed by atoms with Gasteiger partial charge < -0.3 is 26.2 Å². The average Bonchev–Trinajstić information content (AvgIpc) is 3.96. The number of sulfone groups is 1. The van der Waals surface area contributed by atoms with Gasteiger partial charge in [-0.05, 0) is 73.5 Å². The van der Waals surface area contributed by atoms with Crippen molar-refractivity contribution in [2.75, 3.05) is 18.8 Å². The number of amides is 5. The molecule has 6 atom stereocenters. The second-order valence-corrected chi connectivity index (χ2v) is 20.1. The van der Waals surface area contributed by atoms with Gasteiger partial charge in [0, 0.05) is 13.1 Å². The van der Waals surface area contributed by atoms with Crippen molar-refractivity contribution in [2.24, 2.45) is 28.6 Å². The Hall–Kier alpha value is -2.96. The third-order valence-electron chi connectivity index (χ3n) is 13.8. The Balaban J connectivity index is 1.25. The lowest BCUT2D eigenvalue weighted by Gasteiger charge is -2.46. The Labute approximate surface area is 309 Å². The number of urea groups is 1. The van der Waals surface area contributed by atoms with E-state index in [4.69, 9.17) is 0 Å². The van der Waals surface area contributed by atoms with Crippen molar-refractivity contribution in [2.45, 2.75) is 152 Å². The largest absolute Gasteiger partial charge is 0.346 e. The molecular formula is C39H61N5O7S. The second kappa shape index (κ2) is 15.1. The topological polar surface area (TPSA) is 171 Å². The Morgan fingerprint density at radius 1 is 0.865 bits per heavy atom. The molecule has 5 amide bonds. The fraction of sp³-hybridized carbons (Fsp3) is 0.821. The standard InChI is InChI=1S/C39H61N5O7S/c1-5-21-40-34(47)31(45)27(23-25-15-16-25)41-33(46)30-29-26(37(29,2)3)24-44(30)35(48)32(38(4)17-9-6-10-18-38)42-36(49)43-39(19-11-7-12-20-39)28-14-8-13-22-52(28,50)51/h5,25-30,32H,1,6-24H2,2-4H3,(H,40,47)(H,41,46)(H2,42,43,49)/t26?,27-,28?,29-,30-,32+/m0/s1. The van der Waals surface area contributed by atoms with Crippen LogP contribution in [0.15, 0.2) is 12.7 Å². The van der Waals surface area contributed by atoms with Gasteiger partial charge in [-0.25, -0.2) is 13.2 Å². The van der Waals surface area contributed by atoms with Crippen LogP contribution in [0, 0.1) is 28.6 Å². The van der Waals surface area contributed by atoms with Crippen molar-refractivity contribution in [3.8, 4) is 0 Å². The van der Waals surface area contributed by atoms with Gasteiger partial charge in [0.25, 0.3) is 5.91 Å². The molecule has 0 aromatic rings. The van der Waals surface area contributed by atoms with Gasteiger partial charge in [0.05, 0.1) is 22.6 Å². The van der Waals surface area contributed by atoms with Crippen LogP contribution in [0.2, 0.25) is 0 Å². The number of likely N-dealkylation sites (tertiary alicyclic amines) is 1. The molecule has 2 aliphatic heterocycles. The summed E-state index contributed by atoms with van der Waals surface area (Å²) in [7, 11) is -3.39. The summed E-state index contributed by atoms with van der Waals surface area (Å²) in [6, 6.07) is -3.31. The number of fused-ring (bicyclic) bond motifs is 1. The lowest BCUT2D eigenvalue weighted by atomic mass is 9.70. The Morgan fingerprint density at radius 3 is 2.13 bits per heavy atom. The maximum absolute atomic E-state index is 15.0. The van der Waals surface area contributed by atoms with E-state index in [1.54, 1.807) is 4.90 Å². The number of carbonyl (C=O) groups is 5. The van der Waals surface area contributed by atoms with Crippen LogP contribution < -0.4 is 21.3 Å². The molecule has 0 radical (unpaired) electrons. The lowest BCUT2D eigenvalue weighted by Crippen LogP contribution is -2.66. The molecule has 0 aromatic carbocycles. The normalized spacial score (nSPS) is 30.8. The fourth-order valence-corrected chi connectivity index (χ4v) is 12.8. The van der Waals surface area contributed by atoms with Gasteiger partial charge in [0.2, 0.25) is 17.6 Å². The summed E-state index contributed by atoms with van der Waals surface area (Å²) in [5.74, 6) is -1.90. The van der Waals surface area contributed by atoms with Crippen molar-refractivity contribution < 1.29 is 32.4 Å². The highest BCUT2D eigenvalue weighted by atomic mass is 32.2. The number of nitrogens with one attached hydrogen (secondary N) is 4. The zero-order valence-electron chi connectivity index (χ0n) is 31.5. The van der Waals surface area contributed by atoms with E-state index >= 15 is 0 Å². The molecule has 2 unspecified atom stereocenters. The first-order valence-electron chi connectivity index (χ1n) is 20.0. The smallest absolute Gasteiger partial charge is 0.315 e. The van der Waals surface area contributed by atoms with E-state index in [0.29, 0.717) is 38.6 Å². The number of hydrogen-bond acceptors (Lipinski definition) is 7. The highest BCUT2D eigenvalue weighted by molar-refractivity contribution is 7.92. The van der Waals surface area contributed by atoms with Crippen LogP contribution in [0.4, 0.5) is 4.79 Å². The summed E-state index contributed by atoms with van der Waals surface area (Å²) in [6.45, 7) is 10.3. The second-order valence-electron chi connectivity index (χ2n) is 17.8. The van der Waals surface area contributed by atoms with Crippen LogP contribution in [0.25, 0.3) is 0 Å².